The molecule has 1 N–H and O–H groups in total. The van der Waals surface area contributed by atoms with Crippen LogP contribution in [0.15, 0.2) is 48.8 Å². The molecule has 2 atom stereocenters. The molecule has 0 spiro atoms. The second kappa shape index (κ2) is 6.77. The number of pyridine rings is 1. The fourth-order valence-corrected chi connectivity index (χ4v) is 4.77. The minimum atomic E-state index is -0.725. The van der Waals surface area contributed by atoms with Crippen LogP contribution < -0.4 is 4.74 Å². The lowest BCUT2D eigenvalue weighted by atomic mass is 9.63. The number of hydrogen-bond donors (Lipinski definition) is 1. The second-order valence-electron chi connectivity index (χ2n) is 7.44. The standard InChI is InChI=1S/C21H26N2O2/c1-25-20-9-2-5-16(11-20)13-23-14-18-6-3-7-19(15-23)21(18,24)17-8-4-10-22-12-17/h2,4-5,8-12,18-19,24H,3,6-7,13-15H2,1H3/t18-,19-/m0/s1. The number of benzene rings is 1. The van der Waals surface area contributed by atoms with Crippen LogP contribution in [0.2, 0.25) is 0 Å². The van der Waals surface area contributed by atoms with Gasteiger partial charge in [0.05, 0.1) is 12.7 Å². The second-order valence-corrected chi connectivity index (χ2v) is 7.44. The SMILES string of the molecule is COc1cccc(CN2C[C@@H]3CCC[C@@H](C2)C3(O)c2cccnc2)c1. The average molecular weight is 338 g/mol. The van der Waals surface area contributed by atoms with E-state index in [0.717, 1.165) is 43.8 Å². The van der Waals surface area contributed by atoms with Gasteiger partial charge in [0.2, 0.25) is 0 Å². The summed E-state index contributed by atoms with van der Waals surface area (Å²) in [5.41, 5.74) is 1.53. The number of nitrogens with zero attached hydrogens (tertiary/aromatic N) is 2. The van der Waals surface area contributed by atoms with Crippen LogP contribution in [0.5, 0.6) is 5.75 Å². The Morgan fingerprint density at radius 1 is 1.20 bits per heavy atom. The van der Waals surface area contributed by atoms with E-state index >= 15 is 0 Å². The van der Waals surface area contributed by atoms with E-state index in [-0.39, 0.29) is 11.8 Å². The third-order valence-electron chi connectivity index (χ3n) is 5.97. The molecule has 1 aliphatic heterocycles. The molecule has 4 rings (SSSR count). The maximum atomic E-state index is 11.6. The van der Waals surface area contributed by atoms with Crippen molar-refractivity contribution >= 4 is 0 Å². The highest BCUT2D eigenvalue weighted by Gasteiger charge is 2.51. The maximum Gasteiger partial charge on any atom is 0.119 e. The Bertz CT molecular complexity index is 705. The Morgan fingerprint density at radius 2 is 2.00 bits per heavy atom. The van der Waals surface area contributed by atoms with E-state index in [1.807, 2.05) is 30.5 Å². The predicted octanol–water partition coefficient (Wildman–Crippen LogP) is 3.21. The Labute approximate surface area is 149 Å². The molecule has 0 amide bonds. The van der Waals surface area contributed by atoms with Crippen molar-refractivity contribution in [3.8, 4) is 5.75 Å². The smallest absolute Gasteiger partial charge is 0.119 e. The molecule has 1 saturated carbocycles. The molecule has 1 aromatic carbocycles. The number of fused-ring (bicyclic) bond motifs is 2. The summed E-state index contributed by atoms with van der Waals surface area (Å²) in [5, 5.41) is 11.6. The zero-order valence-corrected chi connectivity index (χ0v) is 14.8. The summed E-state index contributed by atoms with van der Waals surface area (Å²) in [6.07, 6.45) is 7.00. The van der Waals surface area contributed by atoms with Gasteiger partial charge in [-0.15, -0.1) is 0 Å². The zero-order chi connectivity index (χ0) is 17.3. The van der Waals surface area contributed by atoms with Gasteiger partial charge in [0.25, 0.3) is 0 Å². The molecule has 4 nitrogen and oxygen atoms in total. The highest BCUT2D eigenvalue weighted by molar-refractivity contribution is 5.29. The van der Waals surface area contributed by atoms with Crippen molar-refractivity contribution in [1.82, 2.24) is 9.88 Å². The van der Waals surface area contributed by atoms with Gasteiger partial charge in [-0.2, -0.15) is 0 Å². The van der Waals surface area contributed by atoms with Gasteiger partial charge in [0, 0.05) is 49.4 Å². The van der Waals surface area contributed by atoms with Crippen molar-refractivity contribution in [2.24, 2.45) is 11.8 Å². The van der Waals surface area contributed by atoms with Gasteiger partial charge in [0.15, 0.2) is 0 Å². The molecule has 1 aromatic heterocycles. The molecule has 2 aromatic rings. The normalized spacial score (nSPS) is 29.4. The van der Waals surface area contributed by atoms with E-state index in [1.54, 1.807) is 13.3 Å². The van der Waals surface area contributed by atoms with Gasteiger partial charge in [-0.25, -0.2) is 0 Å². The summed E-state index contributed by atoms with van der Waals surface area (Å²) in [6, 6.07) is 12.3. The summed E-state index contributed by atoms with van der Waals surface area (Å²) in [5.74, 6) is 1.45. The van der Waals surface area contributed by atoms with E-state index in [9.17, 15) is 5.11 Å². The number of ether oxygens (including phenoxy) is 1. The lowest BCUT2D eigenvalue weighted by Gasteiger charge is -2.53. The molecular weight excluding hydrogens is 312 g/mol. The van der Waals surface area contributed by atoms with Gasteiger partial charge in [-0.3, -0.25) is 9.88 Å². The average Bonchev–Trinajstić information content (AvgIpc) is 2.63. The third kappa shape index (κ3) is 3.05. The van der Waals surface area contributed by atoms with Crippen LogP contribution in [-0.4, -0.2) is 35.2 Å². The molecule has 2 heterocycles. The Kier molecular flexibility index (Phi) is 4.48. The van der Waals surface area contributed by atoms with Gasteiger partial charge in [-0.1, -0.05) is 24.6 Å². The lowest BCUT2D eigenvalue weighted by Crippen LogP contribution is -2.57. The highest BCUT2D eigenvalue weighted by atomic mass is 16.5. The van der Waals surface area contributed by atoms with Crippen LogP contribution in [0.1, 0.15) is 30.4 Å². The number of piperidine rings is 1. The van der Waals surface area contributed by atoms with Crippen LogP contribution in [0.25, 0.3) is 0 Å². The quantitative estimate of drug-likeness (QED) is 0.930. The van der Waals surface area contributed by atoms with Crippen molar-refractivity contribution in [2.75, 3.05) is 20.2 Å². The molecular formula is C21H26N2O2. The first kappa shape index (κ1) is 16.6. The van der Waals surface area contributed by atoms with Gasteiger partial charge in [0.1, 0.15) is 5.75 Å². The first-order chi connectivity index (χ1) is 12.2. The monoisotopic (exact) mass is 338 g/mol. The minimum absolute atomic E-state index is 0.273. The zero-order valence-electron chi connectivity index (χ0n) is 14.8. The number of aromatic nitrogens is 1. The third-order valence-corrected chi connectivity index (χ3v) is 5.97. The fraction of sp³-hybridized carbons (Fsp3) is 0.476. The van der Waals surface area contributed by atoms with Crippen LogP contribution in [0.3, 0.4) is 0 Å². The number of aliphatic hydroxyl groups is 1. The number of hydrogen-bond acceptors (Lipinski definition) is 4. The van der Waals surface area contributed by atoms with Gasteiger partial charge >= 0.3 is 0 Å². The molecule has 4 heteroatoms. The molecule has 1 aliphatic carbocycles. The maximum absolute atomic E-state index is 11.6. The van der Waals surface area contributed by atoms with E-state index in [1.165, 1.54) is 12.0 Å². The highest BCUT2D eigenvalue weighted by Crippen LogP contribution is 2.49. The summed E-state index contributed by atoms with van der Waals surface area (Å²) < 4.78 is 5.34. The summed E-state index contributed by atoms with van der Waals surface area (Å²) in [7, 11) is 1.71. The van der Waals surface area contributed by atoms with Crippen molar-refractivity contribution < 1.29 is 9.84 Å². The van der Waals surface area contributed by atoms with Crippen LogP contribution >= 0.6 is 0 Å². The van der Waals surface area contributed by atoms with E-state index in [0.29, 0.717) is 0 Å². The topological polar surface area (TPSA) is 45.6 Å². The first-order valence-electron chi connectivity index (χ1n) is 9.18. The van der Waals surface area contributed by atoms with E-state index in [4.69, 9.17) is 4.74 Å². The van der Waals surface area contributed by atoms with Crippen molar-refractivity contribution in [2.45, 2.75) is 31.4 Å². The predicted molar refractivity (Wildman–Crippen MR) is 97.2 cm³/mol. The van der Waals surface area contributed by atoms with Crippen molar-refractivity contribution in [3.63, 3.8) is 0 Å². The molecule has 2 bridgehead atoms. The van der Waals surface area contributed by atoms with E-state index < -0.39 is 5.60 Å². The van der Waals surface area contributed by atoms with Crippen molar-refractivity contribution in [3.05, 3.63) is 59.9 Å². The van der Waals surface area contributed by atoms with Gasteiger partial charge in [-0.05, 0) is 36.6 Å². The van der Waals surface area contributed by atoms with Gasteiger partial charge < -0.3 is 9.84 Å². The Hall–Kier alpha value is -1.91. The molecule has 2 fully saturated rings. The number of rotatable bonds is 4. The molecule has 2 aliphatic rings. The first-order valence-corrected chi connectivity index (χ1v) is 9.18. The van der Waals surface area contributed by atoms with Crippen LogP contribution in [0, 0.1) is 11.8 Å². The summed E-state index contributed by atoms with van der Waals surface area (Å²) >= 11 is 0. The molecule has 0 unspecified atom stereocenters. The molecule has 1 saturated heterocycles. The number of methoxy groups -OCH3 is 1. The van der Waals surface area contributed by atoms with Crippen molar-refractivity contribution in [1.29, 1.82) is 0 Å². The summed E-state index contributed by atoms with van der Waals surface area (Å²) in [4.78, 5) is 6.74. The van der Waals surface area contributed by atoms with Crippen LogP contribution in [0.4, 0.5) is 0 Å². The molecule has 25 heavy (non-hydrogen) atoms. The number of likely N-dealkylation sites (tertiary alicyclic amines) is 1. The molecule has 132 valence electrons. The largest absolute Gasteiger partial charge is 0.497 e. The Balaban J connectivity index is 1.55. The van der Waals surface area contributed by atoms with E-state index in [2.05, 4.69) is 22.0 Å². The lowest BCUT2D eigenvalue weighted by molar-refractivity contribution is -0.148. The summed E-state index contributed by atoms with van der Waals surface area (Å²) in [6.45, 7) is 2.77. The fourth-order valence-electron chi connectivity index (χ4n) is 4.77. The molecule has 0 radical (unpaired) electrons. The van der Waals surface area contributed by atoms with Crippen LogP contribution in [-0.2, 0) is 12.1 Å². The Morgan fingerprint density at radius 3 is 2.68 bits per heavy atom. The minimum Gasteiger partial charge on any atom is -0.497 e.